The Labute approximate surface area is 330 Å². The van der Waals surface area contributed by atoms with Crippen LogP contribution >= 0.6 is 11.3 Å². The largest absolute Gasteiger partial charge is 0.456 e. The van der Waals surface area contributed by atoms with Gasteiger partial charge in [0.05, 0.1) is 22.1 Å². The highest BCUT2D eigenvalue weighted by Crippen LogP contribution is 2.45. The van der Waals surface area contributed by atoms with Gasteiger partial charge in [-0.05, 0) is 53.6 Å². The van der Waals surface area contributed by atoms with Crippen molar-refractivity contribution in [2.75, 3.05) is 0 Å². The fraction of sp³-hybridized carbons (Fsp3) is 0. The molecule has 0 N–H and O–H groups in total. The van der Waals surface area contributed by atoms with Gasteiger partial charge in [-0.1, -0.05) is 140 Å². The number of hydrogen-bond acceptors (Lipinski definition) is 5. The van der Waals surface area contributed by atoms with Crippen LogP contribution in [0.15, 0.2) is 186 Å². The van der Waals surface area contributed by atoms with Crippen LogP contribution in [0.2, 0.25) is 0 Å². The summed E-state index contributed by atoms with van der Waals surface area (Å²) in [5.41, 5.74) is 10.0. The first-order valence-corrected chi connectivity index (χ1v) is 19.8. The van der Waals surface area contributed by atoms with Crippen LogP contribution in [-0.2, 0) is 0 Å². The molecule has 0 aliphatic rings. The number of hydrogen-bond donors (Lipinski definition) is 0. The maximum atomic E-state index is 6.69. The van der Waals surface area contributed by atoms with E-state index in [1.165, 1.54) is 47.5 Å². The minimum atomic E-state index is 0.586. The molecule has 8 aromatic carbocycles. The second kappa shape index (κ2) is 12.6. The van der Waals surface area contributed by atoms with Gasteiger partial charge in [-0.25, -0.2) is 15.0 Å². The zero-order valence-corrected chi connectivity index (χ0v) is 31.2. The molecule has 4 aromatic heterocycles. The van der Waals surface area contributed by atoms with E-state index in [1.807, 2.05) is 47.7 Å². The highest BCUT2D eigenvalue weighted by Gasteiger charge is 2.21. The topological polar surface area (TPSA) is 56.7 Å². The van der Waals surface area contributed by atoms with Crippen molar-refractivity contribution in [1.82, 2.24) is 19.5 Å². The summed E-state index contributed by atoms with van der Waals surface area (Å²) in [6.45, 7) is 0. The standard InChI is InChI=1S/C51H30N4OS/c1-3-12-31(13-4-1)32-22-24-34(25-23-32)50-52-49(33-14-5-2-6-15-33)53-51(54-50)35-26-27-39-44(30-35)56-43-20-11-19-41(46(39)43)55-40-18-9-7-17-38(40)47-42(55)29-28-37-36-16-8-10-21-45(36)57-48(37)47/h1-30H. The van der Waals surface area contributed by atoms with Gasteiger partial charge in [0.25, 0.3) is 0 Å². The fourth-order valence-corrected chi connectivity index (χ4v) is 9.68. The summed E-state index contributed by atoms with van der Waals surface area (Å²) in [7, 11) is 0. The average molecular weight is 747 g/mol. The van der Waals surface area contributed by atoms with E-state index in [0.29, 0.717) is 17.5 Å². The van der Waals surface area contributed by atoms with Gasteiger partial charge < -0.3 is 8.98 Å². The second-order valence-corrected chi connectivity index (χ2v) is 15.4. The molecule has 0 saturated heterocycles. The van der Waals surface area contributed by atoms with Crippen molar-refractivity contribution >= 4 is 75.3 Å². The van der Waals surface area contributed by atoms with Crippen LogP contribution in [0.4, 0.5) is 0 Å². The third-order valence-corrected chi connectivity index (χ3v) is 12.3. The van der Waals surface area contributed by atoms with Gasteiger partial charge in [-0.15, -0.1) is 11.3 Å². The van der Waals surface area contributed by atoms with Crippen molar-refractivity contribution in [1.29, 1.82) is 0 Å². The Morgan fingerprint density at radius 2 is 0.982 bits per heavy atom. The molecule has 266 valence electrons. The second-order valence-electron chi connectivity index (χ2n) is 14.4. The normalized spacial score (nSPS) is 11.9. The van der Waals surface area contributed by atoms with E-state index < -0.39 is 0 Å². The van der Waals surface area contributed by atoms with Crippen molar-refractivity contribution in [3.8, 4) is 51.0 Å². The first kappa shape index (κ1) is 31.9. The molecule has 12 aromatic rings. The number of para-hydroxylation sites is 1. The molecule has 0 unspecified atom stereocenters. The number of nitrogens with zero attached hydrogens (tertiary/aromatic N) is 4. The molecule has 4 heterocycles. The maximum absolute atomic E-state index is 6.69. The van der Waals surface area contributed by atoms with Gasteiger partial charge in [0, 0.05) is 53.0 Å². The van der Waals surface area contributed by atoms with E-state index in [2.05, 4.69) is 150 Å². The third kappa shape index (κ3) is 5.04. The van der Waals surface area contributed by atoms with Gasteiger partial charge >= 0.3 is 0 Å². The van der Waals surface area contributed by atoms with Crippen LogP contribution in [0.3, 0.4) is 0 Å². The molecule has 0 fully saturated rings. The summed E-state index contributed by atoms with van der Waals surface area (Å²) >= 11 is 1.87. The molecule has 6 heteroatoms. The number of furan rings is 1. The predicted octanol–water partition coefficient (Wildman–Crippen LogP) is 13.9. The van der Waals surface area contributed by atoms with Crippen LogP contribution in [0.1, 0.15) is 0 Å². The molecule has 0 saturated carbocycles. The lowest BCUT2D eigenvalue weighted by atomic mass is 10.0. The fourth-order valence-electron chi connectivity index (χ4n) is 8.42. The maximum Gasteiger partial charge on any atom is 0.164 e. The van der Waals surface area contributed by atoms with Gasteiger partial charge in [-0.2, -0.15) is 0 Å². The Morgan fingerprint density at radius 3 is 1.77 bits per heavy atom. The molecular formula is C51H30N4OS. The highest BCUT2D eigenvalue weighted by molar-refractivity contribution is 7.26. The molecule has 5 nitrogen and oxygen atoms in total. The first-order valence-electron chi connectivity index (χ1n) is 19.0. The number of thiophene rings is 1. The highest BCUT2D eigenvalue weighted by atomic mass is 32.1. The van der Waals surface area contributed by atoms with Crippen LogP contribution in [0.25, 0.3) is 115 Å². The minimum Gasteiger partial charge on any atom is -0.456 e. The summed E-state index contributed by atoms with van der Waals surface area (Å²) in [6.07, 6.45) is 0. The van der Waals surface area contributed by atoms with Crippen molar-refractivity contribution in [2.45, 2.75) is 0 Å². The Morgan fingerprint density at radius 1 is 0.386 bits per heavy atom. The van der Waals surface area contributed by atoms with Crippen LogP contribution in [0, 0.1) is 0 Å². The number of rotatable bonds is 5. The van der Waals surface area contributed by atoms with E-state index >= 15 is 0 Å². The lowest BCUT2D eigenvalue weighted by Crippen LogP contribution is -2.00. The lowest BCUT2D eigenvalue weighted by molar-refractivity contribution is 0.669. The summed E-state index contributed by atoms with van der Waals surface area (Å²) in [5, 5.41) is 7.23. The molecule has 0 amide bonds. The predicted molar refractivity (Wildman–Crippen MR) is 236 cm³/mol. The van der Waals surface area contributed by atoms with Crippen molar-refractivity contribution in [2.24, 2.45) is 0 Å². The van der Waals surface area contributed by atoms with E-state index in [-0.39, 0.29) is 0 Å². The zero-order valence-electron chi connectivity index (χ0n) is 30.4. The molecule has 0 aliphatic carbocycles. The van der Waals surface area contributed by atoms with Gasteiger partial charge in [0.1, 0.15) is 11.2 Å². The molecule has 0 spiro atoms. The van der Waals surface area contributed by atoms with Crippen molar-refractivity contribution in [3.05, 3.63) is 182 Å². The smallest absolute Gasteiger partial charge is 0.164 e. The van der Waals surface area contributed by atoms with Gasteiger partial charge in [-0.3, -0.25) is 0 Å². The third-order valence-electron chi connectivity index (χ3n) is 11.1. The summed E-state index contributed by atoms with van der Waals surface area (Å²) in [4.78, 5) is 15.1. The number of benzene rings is 8. The first-order chi connectivity index (χ1) is 28.2. The molecule has 57 heavy (non-hydrogen) atoms. The van der Waals surface area contributed by atoms with E-state index in [0.717, 1.165) is 49.9 Å². The molecule has 0 bridgehead atoms. The minimum absolute atomic E-state index is 0.586. The molecular weight excluding hydrogens is 717 g/mol. The van der Waals surface area contributed by atoms with Crippen LogP contribution in [-0.4, -0.2) is 19.5 Å². The summed E-state index contributed by atoms with van der Waals surface area (Å²) < 4.78 is 11.7. The zero-order chi connectivity index (χ0) is 37.5. The molecule has 0 aliphatic heterocycles. The number of fused-ring (bicyclic) bond motifs is 10. The molecule has 12 rings (SSSR count). The Bertz CT molecular complexity index is 3510. The average Bonchev–Trinajstić information content (AvgIpc) is 3.96. The quantitative estimate of drug-likeness (QED) is 0.176. The van der Waals surface area contributed by atoms with Crippen molar-refractivity contribution < 1.29 is 4.42 Å². The van der Waals surface area contributed by atoms with E-state index in [9.17, 15) is 0 Å². The summed E-state index contributed by atoms with van der Waals surface area (Å²) in [5.74, 6) is 1.82. The Balaban J connectivity index is 1.02. The Kier molecular flexibility index (Phi) is 7.03. The monoisotopic (exact) mass is 746 g/mol. The molecule has 0 radical (unpaired) electrons. The summed E-state index contributed by atoms with van der Waals surface area (Å²) in [6, 6.07) is 63.6. The van der Waals surface area contributed by atoms with Gasteiger partial charge in [0.2, 0.25) is 0 Å². The van der Waals surface area contributed by atoms with Crippen molar-refractivity contribution in [3.63, 3.8) is 0 Å². The van der Waals surface area contributed by atoms with Crippen LogP contribution in [0.5, 0.6) is 0 Å². The molecule has 0 atom stereocenters. The van der Waals surface area contributed by atoms with Crippen LogP contribution < -0.4 is 0 Å². The van der Waals surface area contributed by atoms with E-state index in [1.54, 1.807) is 0 Å². The number of aromatic nitrogens is 4. The van der Waals surface area contributed by atoms with E-state index in [4.69, 9.17) is 19.4 Å². The lowest BCUT2D eigenvalue weighted by Gasteiger charge is -2.10. The Hall–Kier alpha value is -7.41. The van der Waals surface area contributed by atoms with Gasteiger partial charge in [0.15, 0.2) is 17.5 Å². The SMILES string of the molecule is c1ccc(-c2ccc(-c3nc(-c4ccccc4)nc(-c4ccc5c(c4)oc4cccc(-n6c7ccccc7c7c8sc9ccccc9c8ccc76)c45)n3)cc2)cc1.